The largest absolute Gasteiger partial charge is 0.491 e. The van der Waals surface area contributed by atoms with Crippen molar-refractivity contribution in [1.82, 2.24) is 14.7 Å². The highest BCUT2D eigenvalue weighted by Gasteiger charge is 2.36. The van der Waals surface area contributed by atoms with Gasteiger partial charge in [-0.2, -0.15) is 5.10 Å². The molecular formula is C20H27N3O3. The highest BCUT2D eigenvalue weighted by molar-refractivity contribution is 5.76. The number of hydrogen-bond donors (Lipinski definition) is 1. The number of β-amino-alcohol motifs (C(OH)–C–C–N with tert-alkyl or cyclic N) is 1. The first-order valence-corrected chi connectivity index (χ1v) is 9.05. The van der Waals surface area contributed by atoms with Crippen molar-refractivity contribution in [2.24, 2.45) is 0 Å². The van der Waals surface area contributed by atoms with E-state index in [0.717, 1.165) is 29.1 Å². The summed E-state index contributed by atoms with van der Waals surface area (Å²) in [6.45, 7) is 7.20. The molecule has 6 heteroatoms. The number of aryl methyl sites for hydroxylation is 3. The Morgan fingerprint density at radius 3 is 2.65 bits per heavy atom. The highest BCUT2D eigenvalue weighted by Crippen LogP contribution is 2.23. The van der Waals surface area contributed by atoms with Gasteiger partial charge >= 0.3 is 0 Å². The third kappa shape index (κ3) is 4.43. The Kier molecular flexibility index (Phi) is 5.32. The average molecular weight is 357 g/mol. The van der Waals surface area contributed by atoms with Crippen LogP contribution in [0.5, 0.6) is 5.75 Å². The molecule has 1 aliphatic rings. The van der Waals surface area contributed by atoms with Gasteiger partial charge in [-0.05, 0) is 51.8 Å². The topological polar surface area (TPSA) is 67.6 Å². The first-order valence-electron chi connectivity index (χ1n) is 9.05. The average Bonchev–Trinajstić information content (AvgIpc) is 2.91. The Labute approximate surface area is 154 Å². The van der Waals surface area contributed by atoms with Gasteiger partial charge < -0.3 is 14.7 Å². The Balaban J connectivity index is 1.59. The molecular weight excluding hydrogens is 330 g/mol. The number of amides is 1. The summed E-state index contributed by atoms with van der Waals surface area (Å²) in [6.07, 6.45) is 1.39. The van der Waals surface area contributed by atoms with Crippen LogP contribution in [0.2, 0.25) is 0 Å². The van der Waals surface area contributed by atoms with Crippen LogP contribution in [0.25, 0.3) is 0 Å². The lowest BCUT2D eigenvalue weighted by molar-refractivity contribution is -0.141. The third-order valence-electron chi connectivity index (χ3n) is 4.82. The molecule has 0 spiro atoms. The van der Waals surface area contributed by atoms with Gasteiger partial charge in [0.25, 0.3) is 0 Å². The minimum Gasteiger partial charge on any atom is -0.491 e. The molecule has 0 aliphatic carbocycles. The van der Waals surface area contributed by atoms with Gasteiger partial charge in [0.2, 0.25) is 5.91 Å². The van der Waals surface area contributed by atoms with E-state index in [9.17, 15) is 9.90 Å². The van der Waals surface area contributed by atoms with Crippen molar-refractivity contribution in [3.05, 3.63) is 47.3 Å². The molecule has 1 aromatic carbocycles. The van der Waals surface area contributed by atoms with Crippen molar-refractivity contribution in [1.29, 1.82) is 0 Å². The fourth-order valence-electron chi connectivity index (χ4n) is 3.36. The lowest BCUT2D eigenvalue weighted by atomic mass is 9.93. The Morgan fingerprint density at radius 2 is 2.00 bits per heavy atom. The zero-order valence-corrected chi connectivity index (χ0v) is 15.7. The van der Waals surface area contributed by atoms with E-state index < -0.39 is 5.60 Å². The SMILES string of the molecule is Cc1ccc(OCC2(O)CCCN(C(=O)Cn3nc(C)cc3C)C2)cc1. The van der Waals surface area contributed by atoms with Crippen LogP contribution < -0.4 is 4.74 Å². The van der Waals surface area contributed by atoms with Crippen molar-refractivity contribution < 1.29 is 14.6 Å². The number of nitrogens with zero attached hydrogens (tertiary/aromatic N) is 3. The Hall–Kier alpha value is -2.34. The maximum Gasteiger partial charge on any atom is 0.244 e. The number of benzene rings is 1. The van der Waals surface area contributed by atoms with Gasteiger partial charge in [-0.3, -0.25) is 9.48 Å². The van der Waals surface area contributed by atoms with Crippen molar-refractivity contribution in [2.75, 3.05) is 19.7 Å². The predicted molar refractivity (Wildman–Crippen MR) is 99.1 cm³/mol. The second-order valence-corrected chi connectivity index (χ2v) is 7.33. The van der Waals surface area contributed by atoms with Crippen molar-refractivity contribution >= 4 is 5.91 Å². The molecule has 1 aromatic heterocycles. The van der Waals surface area contributed by atoms with Crippen molar-refractivity contribution in [3.63, 3.8) is 0 Å². The second kappa shape index (κ2) is 7.50. The van der Waals surface area contributed by atoms with Gasteiger partial charge in [0.05, 0.1) is 12.2 Å². The van der Waals surface area contributed by atoms with Crippen LogP contribution >= 0.6 is 0 Å². The quantitative estimate of drug-likeness (QED) is 0.891. The molecule has 0 saturated carbocycles. The summed E-state index contributed by atoms with van der Waals surface area (Å²) in [4.78, 5) is 14.4. The lowest BCUT2D eigenvalue weighted by Gasteiger charge is -2.39. The van der Waals surface area contributed by atoms with E-state index in [0.29, 0.717) is 13.0 Å². The fourth-order valence-corrected chi connectivity index (χ4v) is 3.36. The zero-order valence-electron chi connectivity index (χ0n) is 15.7. The van der Waals surface area contributed by atoms with E-state index in [1.807, 2.05) is 51.1 Å². The first kappa shape index (κ1) is 18.5. The van der Waals surface area contributed by atoms with Crippen molar-refractivity contribution in [2.45, 2.75) is 45.8 Å². The number of carbonyl (C=O) groups is 1. The van der Waals surface area contributed by atoms with Crippen LogP contribution in [-0.2, 0) is 11.3 Å². The van der Waals surface area contributed by atoms with Crippen LogP contribution in [0.1, 0.15) is 29.8 Å². The molecule has 140 valence electrons. The molecule has 0 radical (unpaired) electrons. The van der Waals surface area contributed by atoms with Gasteiger partial charge in [-0.25, -0.2) is 0 Å². The number of likely N-dealkylation sites (tertiary alicyclic amines) is 1. The smallest absolute Gasteiger partial charge is 0.244 e. The highest BCUT2D eigenvalue weighted by atomic mass is 16.5. The maximum atomic E-state index is 12.6. The summed E-state index contributed by atoms with van der Waals surface area (Å²) in [6, 6.07) is 9.70. The number of hydrogen-bond acceptors (Lipinski definition) is 4. The number of carbonyl (C=O) groups excluding carboxylic acids is 1. The van der Waals surface area contributed by atoms with Crippen molar-refractivity contribution in [3.8, 4) is 5.75 Å². The summed E-state index contributed by atoms with van der Waals surface area (Å²) >= 11 is 0. The minimum absolute atomic E-state index is 0.0235. The van der Waals surface area contributed by atoms with E-state index in [1.165, 1.54) is 0 Å². The molecule has 1 fully saturated rings. The molecule has 2 aromatic rings. The Bertz CT molecular complexity index is 769. The van der Waals surface area contributed by atoms with E-state index in [-0.39, 0.29) is 25.6 Å². The lowest BCUT2D eigenvalue weighted by Crippen LogP contribution is -2.54. The summed E-state index contributed by atoms with van der Waals surface area (Å²) in [5.74, 6) is 0.708. The molecule has 2 heterocycles. The minimum atomic E-state index is -1.02. The van der Waals surface area contributed by atoms with Gasteiger partial charge in [0.15, 0.2) is 0 Å². The molecule has 6 nitrogen and oxygen atoms in total. The summed E-state index contributed by atoms with van der Waals surface area (Å²) < 4.78 is 7.48. The molecule has 3 rings (SSSR count). The van der Waals surface area contributed by atoms with E-state index in [1.54, 1.807) is 9.58 Å². The number of ether oxygens (including phenoxy) is 1. The van der Waals surface area contributed by atoms with Crippen LogP contribution in [0, 0.1) is 20.8 Å². The van der Waals surface area contributed by atoms with Gasteiger partial charge in [0.1, 0.15) is 24.5 Å². The van der Waals surface area contributed by atoms with Crippen LogP contribution in [-0.4, -0.2) is 51.0 Å². The third-order valence-corrected chi connectivity index (χ3v) is 4.82. The molecule has 0 bridgehead atoms. The number of aromatic nitrogens is 2. The maximum absolute atomic E-state index is 12.6. The second-order valence-electron chi connectivity index (χ2n) is 7.33. The standard InChI is InChI=1S/C20H27N3O3/c1-15-5-7-18(8-6-15)26-14-20(25)9-4-10-22(13-20)19(24)12-23-17(3)11-16(2)21-23/h5-8,11,25H,4,9-10,12-14H2,1-3H3. The van der Waals surface area contributed by atoms with Crippen LogP contribution in [0.15, 0.2) is 30.3 Å². The number of aliphatic hydroxyl groups is 1. The summed E-state index contributed by atoms with van der Waals surface area (Å²) in [5.41, 5.74) is 2.01. The Morgan fingerprint density at radius 1 is 1.27 bits per heavy atom. The van der Waals surface area contributed by atoms with Crippen LogP contribution in [0.4, 0.5) is 0 Å². The molecule has 1 amide bonds. The fraction of sp³-hybridized carbons (Fsp3) is 0.500. The molecule has 1 aliphatic heterocycles. The van der Waals surface area contributed by atoms with Gasteiger partial charge in [0, 0.05) is 12.2 Å². The number of piperidine rings is 1. The first-order chi connectivity index (χ1) is 12.3. The monoisotopic (exact) mass is 357 g/mol. The zero-order chi connectivity index (χ0) is 18.7. The predicted octanol–water partition coefficient (Wildman–Crippen LogP) is 2.24. The van der Waals surface area contributed by atoms with E-state index in [4.69, 9.17) is 4.74 Å². The molecule has 1 N–H and O–H groups in total. The molecule has 1 atom stereocenters. The van der Waals surface area contributed by atoms with Crippen LogP contribution in [0.3, 0.4) is 0 Å². The molecule has 1 unspecified atom stereocenters. The normalized spacial score (nSPS) is 20.2. The summed E-state index contributed by atoms with van der Waals surface area (Å²) in [7, 11) is 0. The molecule has 1 saturated heterocycles. The number of rotatable bonds is 5. The van der Waals surface area contributed by atoms with Gasteiger partial charge in [-0.1, -0.05) is 17.7 Å². The summed E-state index contributed by atoms with van der Waals surface area (Å²) in [5, 5.41) is 15.2. The van der Waals surface area contributed by atoms with E-state index >= 15 is 0 Å². The van der Waals surface area contributed by atoms with E-state index in [2.05, 4.69) is 5.10 Å². The molecule has 26 heavy (non-hydrogen) atoms. The van der Waals surface area contributed by atoms with Gasteiger partial charge in [-0.15, -0.1) is 0 Å².